The summed E-state index contributed by atoms with van der Waals surface area (Å²) in [4.78, 5) is 25.4. The molecule has 7 nitrogen and oxygen atoms in total. The van der Waals surface area contributed by atoms with Crippen LogP contribution in [0, 0.1) is 6.92 Å². The molecule has 2 aromatic heterocycles. The second-order valence-corrected chi connectivity index (χ2v) is 7.00. The molecular formula is C21H30N6O. The molecular weight excluding hydrogens is 352 g/mol. The maximum absolute atomic E-state index is 11.9. The lowest BCUT2D eigenvalue weighted by Gasteiger charge is -2.37. The molecule has 2 aromatic rings. The lowest BCUT2D eigenvalue weighted by atomic mass is 10.2. The molecule has 0 atom stereocenters. The minimum absolute atomic E-state index is 0.0783. The second-order valence-electron chi connectivity index (χ2n) is 7.00. The van der Waals surface area contributed by atoms with E-state index in [2.05, 4.69) is 31.2 Å². The highest BCUT2D eigenvalue weighted by Gasteiger charge is 2.20. The van der Waals surface area contributed by atoms with Crippen LogP contribution in [0.15, 0.2) is 52.4 Å². The number of pyridine rings is 2. The predicted octanol–water partition coefficient (Wildman–Crippen LogP) is 1.73. The van der Waals surface area contributed by atoms with Crippen LogP contribution < -0.4 is 15.8 Å². The van der Waals surface area contributed by atoms with E-state index in [1.807, 2.05) is 49.0 Å². The Morgan fingerprint density at radius 2 is 1.93 bits per heavy atom. The molecule has 1 aliphatic rings. The molecule has 0 amide bonds. The third-order valence-electron chi connectivity index (χ3n) is 5.12. The van der Waals surface area contributed by atoms with Gasteiger partial charge >= 0.3 is 0 Å². The van der Waals surface area contributed by atoms with Crippen LogP contribution in [0.4, 0.5) is 5.82 Å². The van der Waals surface area contributed by atoms with Gasteiger partial charge in [-0.15, -0.1) is 0 Å². The van der Waals surface area contributed by atoms with Crippen molar-refractivity contribution in [1.29, 1.82) is 0 Å². The predicted molar refractivity (Wildman–Crippen MR) is 114 cm³/mol. The minimum Gasteiger partial charge on any atom is -0.356 e. The highest BCUT2D eigenvalue weighted by molar-refractivity contribution is 5.80. The van der Waals surface area contributed by atoms with Crippen molar-refractivity contribution in [3.8, 4) is 0 Å². The average molecular weight is 383 g/mol. The molecule has 7 heteroatoms. The van der Waals surface area contributed by atoms with Gasteiger partial charge in [-0.05, 0) is 38.0 Å². The first-order valence-electron chi connectivity index (χ1n) is 9.97. The Morgan fingerprint density at radius 1 is 1.11 bits per heavy atom. The van der Waals surface area contributed by atoms with Gasteiger partial charge in [0.1, 0.15) is 5.82 Å². The summed E-state index contributed by atoms with van der Waals surface area (Å²) < 4.78 is 1.84. The first kappa shape index (κ1) is 19.9. The van der Waals surface area contributed by atoms with Crippen LogP contribution in [0.3, 0.4) is 0 Å². The van der Waals surface area contributed by atoms with Crippen LogP contribution in [0.1, 0.15) is 18.5 Å². The van der Waals surface area contributed by atoms with E-state index >= 15 is 0 Å². The van der Waals surface area contributed by atoms with Crippen molar-refractivity contribution in [2.75, 3.05) is 44.7 Å². The van der Waals surface area contributed by atoms with Crippen molar-refractivity contribution in [2.24, 2.45) is 4.99 Å². The lowest BCUT2D eigenvalue weighted by Crippen LogP contribution is -2.52. The maximum atomic E-state index is 11.9. The maximum Gasteiger partial charge on any atom is 0.250 e. The van der Waals surface area contributed by atoms with Crippen molar-refractivity contribution >= 4 is 11.8 Å². The molecule has 1 saturated heterocycles. The quantitative estimate of drug-likeness (QED) is 0.468. The highest BCUT2D eigenvalue weighted by Crippen LogP contribution is 2.12. The number of nitrogens with one attached hydrogen (secondary N) is 1. The zero-order valence-electron chi connectivity index (χ0n) is 16.8. The summed E-state index contributed by atoms with van der Waals surface area (Å²) in [5, 5.41) is 3.46. The van der Waals surface area contributed by atoms with Gasteiger partial charge in [0.25, 0.3) is 5.56 Å². The third-order valence-corrected chi connectivity index (χ3v) is 5.12. The van der Waals surface area contributed by atoms with Crippen LogP contribution in [0.25, 0.3) is 0 Å². The summed E-state index contributed by atoms with van der Waals surface area (Å²) in [5.74, 6) is 1.99. The zero-order chi connectivity index (χ0) is 19.8. The van der Waals surface area contributed by atoms with Gasteiger partial charge in [-0.1, -0.05) is 12.1 Å². The summed E-state index contributed by atoms with van der Waals surface area (Å²) in [6.07, 6.45) is 3.79. The number of anilines is 1. The SMILES string of the molecule is CN=C(NCCCCn1c(C)cccc1=O)N1CCN(c2ccccn2)CC1. The summed E-state index contributed by atoms with van der Waals surface area (Å²) in [7, 11) is 1.83. The second kappa shape index (κ2) is 9.92. The van der Waals surface area contributed by atoms with Gasteiger partial charge in [-0.3, -0.25) is 9.79 Å². The van der Waals surface area contributed by atoms with Gasteiger partial charge in [-0.2, -0.15) is 0 Å². The van der Waals surface area contributed by atoms with E-state index in [1.54, 1.807) is 6.07 Å². The van der Waals surface area contributed by atoms with Crippen LogP contribution >= 0.6 is 0 Å². The summed E-state index contributed by atoms with van der Waals surface area (Å²) in [6.45, 7) is 7.32. The van der Waals surface area contributed by atoms with E-state index in [-0.39, 0.29) is 5.56 Å². The van der Waals surface area contributed by atoms with E-state index in [4.69, 9.17) is 0 Å². The number of hydrogen-bond donors (Lipinski definition) is 1. The minimum atomic E-state index is 0.0783. The molecule has 150 valence electrons. The Hall–Kier alpha value is -2.83. The molecule has 0 radical (unpaired) electrons. The van der Waals surface area contributed by atoms with Crippen molar-refractivity contribution in [1.82, 2.24) is 19.8 Å². The Balaban J connectivity index is 1.40. The van der Waals surface area contributed by atoms with E-state index in [9.17, 15) is 4.79 Å². The standard InChI is InChI=1S/C21H30N6O/c1-18-8-7-10-20(28)27(18)13-6-5-12-24-21(22-2)26-16-14-25(15-17-26)19-9-3-4-11-23-19/h3-4,7-11H,5-6,12-17H2,1-2H3,(H,22,24). The average Bonchev–Trinajstić information content (AvgIpc) is 2.73. The van der Waals surface area contributed by atoms with Crippen LogP contribution in [0.2, 0.25) is 0 Å². The van der Waals surface area contributed by atoms with Gasteiger partial charge in [0.15, 0.2) is 5.96 Å². The largest absolute Gasteiger partial charge is 0.356 e. The molecule has 3 rings (SSSR count). The molecule has 3 heterocycles. The Kier molecular flexibility index (Phi) is 7.06. The number of guanidine groups is 1. The van der Waals surface area contributed by atoms with E-state index < -0.39 is 0 Å². The van der Waals surface area contributed by atoms with Gasteiger partial charge in [-0.25, -0.2) is 4.98 Å². The van der Waals surface area contributed by atoms with Crippen LogP contribution in [-0.4, -0.2) is 60.2 Å². The van der Waals surface area contributed by atoms with E-state index in [0.717, 1.165) is 69.6 Å². The lowest BCUT2D eigenvalue weighted by molar-refractivity contribution is 0.371. The van der Waals surface area contributed by atoms with E-state index in [0.29, 0.717) is 0 Å². The van der Waals surface area contributed by atoms with Gasteiger partial charge in [0, 0.05) is 64.3 Å². The van der Waals surface area contributed by atoms with Crippen LogP contribution in [-0.2, 0) is 6.54 Å². The number of unbranched alkanes of at least 4 members (excludes halogenated alkanes) is 1. The number of piperazine rings is 1. The summed E-state index contributed by atoms with van der Waals surface area (Å²) in [5.41, 5.74) is 1.09. The molecule has 0 saturated carbocycles. The van der Waals surface area contributed by atoms with Crippen molar-refractivity contribution < 1.29 is 0 Å². The van der Waals surface area contributed by atoms with Crippen LogP contribution in [0.5, 0.6) is 0 Å². The van der Waals surface area contributed by atoms with E-state index in [1.165, 1.54) is 0 Å². The van der Waals surface area contributed by atoms with Crippen molar-refractivity contribution in [3.05, 3.63) is 58.6 Å². The first-order valence-corrected chi connectivity index (χ1v) is 9.97. The summed E-state index contributed by atoms with van der Waals surface area (Å²) in [6, 6.07) is 11.4. The summed E-state index contributed by atoms with van der Waals surface area (Å²) >= 11 is 0. The number of hydrogen-bond acceptors (Lipinski definition) is 4. The molecule has 1 aliphatic heterocycles. The number of nitrogens with zero attached hydrogens (tertiary/aromatic N) is 5. The molecule has 0 bridgehead atoms. The smallest absolute Gasteiger partial charge is 0.250 e. The molecule has 0 unspecified atom stereocenters. The van der Waals surface area contributed by atoms with Gasteiger partial charge in [0.05, 0.1) is 0 Å². The van der Waals surface area contributed by atoms with Crippen molar-refractivity contribution in [3.63, 3.8) is 0 Å². The molecule has 1 fully saturated rings. The Bertz CT molecular complexity index is 824. The monoisotopic (exact) mass is 382 g/mol. The third kappa shape index (κ3) is 5.12. The van der Waals surface area contributed by atoms with Gasteiger partial charge in [0.2, 0.25) is 0 Å². The molecule has 28 heavy (non-hydrogen) atoms. The molecule has 0 spiro atoms. The normalized spacial score (nSPS) is 15.0. The highest BCUT2D eigenvalue weighted by atomic mass is 16.1. The number of rotatable bonds is 6. The van der Waals surface area contributed by atoms with Crippen molar-refractivity contribution in [2.45, 2.75) is 26.3 Å². The first-order chi connectivity index (χ1) is 13.7. The Morgan fingerprint density at radius 3 is 2.61 bits per heavy atom. The molecule has 1 N–H and O–H groups in total. The fourth-order valence-corrected chi connectivity index (χ4v) is 3.53. The number of aromatic nitrogens is 2. The zero-order valence-corrected chi connectivity index (χ0v) is 16.8. The number of aliphatic imine (C=N–C) groups is 1. The Labute approximate surface area is 166 Å². The van der Waals surface area contributed by atoms with Gasteiger partial charge < -0.3 is 19.7 Å². The molecule has 0 aliphatic carbocycles. The fraction of sp³-hybridized carbons (Fsp3) is 0.476. The fourth-order valence-electron chi connectivity index (χ4n) is 3.53. The number of aryl methyl sites for hydroxylation is 1. The molecule has 0 aromatic carbocycles. The topological polar surface area (TPSA) is 65.8 Å².